The summed E-state index contributed by atoms with van der Waals surface area (Å²) in [5.41, 5.74) is 1.52. The highest BCUT2D eigenvalue weighted by Gasteiger charge is 2.12. The predicted octanol–water partition coefficient (Wildman–Crippen LogP) is 0.529. The van der Waals surface area contributed by atoms with Crippen molar-refractivity contribution in [3.8, 4) is 0 Å². The summed E-state index contributed by atoms with van der Waals surface area (Å²) < 4.78 is 1.87. The Kier molecular flexibility index (Phi) is 4.22. The van der Waals surface area contributed by atoms with Gasteiger partial charge in [-0.25, -0.2) is 15.0 Å². The molecule has 0 spiro atoms. The van der Waals surface area contributed by atoms with Crippen molar-refractivity contribution >= 4 is 11.2 Å². The smallest absolute Gasteiger partial charge is 0.163 e. The van der Waals surface area contributed by atoms with Crippen molar-refractivity contribution in [3.05, 3.63) is 18.9 Å². The van der Waals surface area contributed by atoms with Crippen LogP contribution in [0.3, 0.4) is 0 Å². The predicted molar refractivity (Wildman–Crippen MR) is 69.1 cm³/mol. The number of aliphatic hydroxyl groups is 1. The minimum Gasteiger partial charge on any atom is -0.390 e. The average Bonchev–Trinajstić information content (AvgIpc) is 2.79. The quantitative estimate of drug-likeness (QED) is 0.809. The molecule has 2 rings (SSSR count). The molecule has 2 aromatic heterocycles. The number of rotatable bonds is 6. The zero-order valence-electron chi connectivity index (χ0n) is 10.8. The van der Waals surface area contributed by atoms with Crippen LogP contribution in [0.4, 0.5) is 0 Å². The van der Waals surface area contributed by atoms with E-state index in [0.29, 0.717) is 13.1 Å². The molecule has 0 aliphatic heterocycles. The van der Waals surface area contributed by atoms with Gasteiger partial charge in [0.05, 0.1) is 25.2 Å². The third kappa shape index (κ3) is 2.83. The van der Waals surface area contributed by atoms with E-state index in [1.54, 1.807) is 12.5 Å². The first-order chi connectivity index (χ1) is 8.74. The highest BCUT2D eigenvalue weighted by Crippen LogP contribution is 2.08. The standard InChI is InChI=1S/C12H19N5O/c1-3-16(4-2)6-10(18)7-17-9-15-11-5-13-8-14-12(11)17/h5,8-10,18H,3-4,6-7H2,1-2H3. The van der Waals surface area contributed by atoms with Crippen LogP contribution in [0.1, 0.15) is 13.8 Å². The molecule has 98 valence electrons. The van der Waals surface area contributed by atoms with E-state index in [1.807, 2.05) is 4.57 Å². The third-order valence-corrected chi connectivity index (χ3v) is 3.05. The van der Waals surface area contributed by atoms with Crippen molar-refractivity contribution in [2.75, 3.05) is 19.6 Å². The van der Waals surface area contributed by atoms with E-state index in [-0.39, 0.29) is 0 Å². The van der Waals surface area contributed by atoms with Gasteiger partial charge in [-0.1, -0.05) is 13.8 Å². The highest BCUT2D eigenvalue weighted by molar-refractivity contribution is 5.68. The van der Waals surface area contributed by atoms with Crippen molar-refractivity contribution in [2.24, 2.45) is 0 Å². The number of aromatic nitrogens is 4. The molecule has 0 aliphatic carbocycles. The van der Waals surface area contributed by atoms with E-state index in [2.05, 4.69) is 33.7 Å². The number of hydrogen-bond acceptors (Lipinski definition) is 5. The zero-order valence-corrected chi connectivity index (χ0v) is 10.8. The second-order valence-electron chi connectivity index (χ2n) is 4.27. The van der Waals surface area contributed by atoms with Gasteiger partial charge in [0.15, 0.2) is 5.65 Å². The maximum Gasteiger partial charge on any atom is 0.163 e. The summed E-state index contributed by atoms with van der Waals surface area (Å²) >= 11 is 0. The molecule has 0 aliphatic rings. The van der Waals surface area contributed by atoms with E-state index in [1.165, 1.54) is 6.33 Å². The van der Waals surface area contributed by atoms with E-state index < -0.39 is 6.10 Å². The van der Waals surface area contributed by atoms with Crippen molar-refractivity contribution in [1.82, 2.24) is 24.4 Å². The molecule has 0 saturated heterocycles. The zero-order chi connectivity index (χ0) is 13.0. The Bertz CT molecular complexity index is 494. The van der Waals surface area contributed by atoms with Crippen LogP contribution in [-0.2, 0) is 6.54 Å². The largest absolute Gasteiger partial charge is 0.390 e. The Balaban J connectivity index is 2.04. The monoisotopic (exact) mass is 249 g/mol. The molecule has 1 N–H and O–H groups in total. The number of imidazole rings is 1. The van der Waals surface area contributed by atoms with Crippen LogP contribution in [0, 0.1) is 0 Å². The lowest BCUT2D eigenvalue weighted by atomic mass is 10.3. The molecule has 1 unspecified atom stereocenters. The molecular weight excluding hydrogens is 230 g/mol. The lowest BCUT2D eigenvalue weighted by Crippen LogP contribution is -2.34. The summed E-state index contributed by atoms with van der Waals surface area (Å²) in [5, 5.41) is 10.1. The summed E-state index contributed by atoms with van der Waals surface area (Å²) in [6.45, 7) is 7.24. The normalized spacial score (nSPS) is 13.3. The maximum atomic E-state index is 10.1. The van der Waals surface area contributed by atoms with E-state index >= 15 is 0 Å². The van der Waals surface area contributed by atoms with Gasteiger partial charge in [-0.2, -0.15) is 0 Å². The van der Waals surface area contributed by atoms with Crippen molar-refractivity contribution in [1.29, 1.82) is 0 Å². The van der Waals surface area contributed by atoms with Crippen LogP contribution in [0.15, 0.2) is 18.9 Å². The molecule has 6 heteroatoms. The number of hydrogen-bond donors (Lipinski definition) is 1. The topological polar surface area (TPSA) is 67.1 Å². The number of likely N-dealkylation sites (N-methyl/N-ethyl adjacent to an activating group) is 1. The Morgan fingerprint density at radius 3 is 2.83 bits per heavy atom. The van der Waals surface area contributed by atoms with Gasteiger partial charge in [-0.3, -0.25) is 0 Å². The Labute approximate surface area is 106 Å². The fourth-order valence-electron chi connectivity index (χ4n) is 2.01. The number of aliphatic hydroxyl groups excluding tert-OH is 1. The van der Waals surface area contributed by atoms with Crippen LogP contribution in [0.5, 0.6) is 0 Å². The van der Waals surface area contributed by atoms with Crippen LogP contribution in [-0.4, -0.2) is 55.3 Å². The molecule has 18 heavy (non-hydrogen) atoms. The van der Waals surface area contributed by atoms with E-state index in [4.69, 9.17) is 0 Å². The molecule has 0 aromatic carbocycles. The first kappa shape index (κ1) is 12.9. The molecule has 0 radical (unpaired) electrons. The Morgan fingerprint density at radius 2 is 2.11 bits per heavy atom. The van der Waals surface area contributed by atoms with Crippen LogP contribution in [0.25, 0.3) is 11.2 Å². The summed E-state index contributed by atoms with van der Waals surface area (Å²) in [5.74, 6) is 0. The van der Waals surface area contributed by atoms with Gasteiger partial charge in [0, 0.05) is 6.54 Å². The fraction of sp³-hybridized carbons (Fsp3) is 0.583. The van der Waals surface area contributed by atoms with E-state index in [0.717, 1.165) is 24.3 Å². The van der Waals surface area contributed by atoms with Crippen molar-refractivity contribution in [3.63, 3.8) is 0 Å². The summed E-state index contributed by atoms with van der Waals surface area (Å²) in [7, 11) is 0. The first-order valence-electron chi connectivity index (χ1n) is 6.25. The van der Waals surface area contributed by atoms with Crippen LogP contribution in [0.2, 0.25) is 0 Å². The van der Waals surface area contributed by atoms with Crippen LogP contribution >= 0.6 is 0 Å². The molecule has 0 bridgehead atoms. The molecule has 0 amide bonds. The Morgan fingerprint density at radius 1 is 1.33 bits per heavy atom. The van der Waals surface area contributed by atoms with Gasteiger partial charge in [0.25, 0.3) is 0 Å². The minimum atomic E-state index is -0.419. The number of fused-ring (bicyclic) bond motifs is 1. The van der Waals surface area contributed by atoms with Gasteiger partial charge in [-0.05, 0) is 13.1 Å². The third-order valence-electron chi connectivity index (χ3n) is 3.05. The second-order valence-corrected chi connectivity index (χ2v) is 4.27. The maximum absolute atomic E-state index is 10.1. The summed E-state index contributed by atoms with van der Waals surface area (Å²) in [6, 6.07) is 0. The first-order valence-corrected chi connectivity index (χ1v) is 6.25. The molecular formula is C12H19N5O. The minimum absolute atomic E-state index is 0.419. The van der Waals surface area contributed by atoms with Crippen LogP contribution < -0.4 is 0 Å². The lowest BCUT2D eigenvalue weighted by molar-refractivity contribution is 0.104. The van der Waals surface area contributed by atoms with E-state index in [9.17, 15) is 5.11 Å². The van der Waals surface area contributed by atoms with Gasteiger partial charge in [0.2, 0.25) is 0 Å². The van der Waals surface area contributed by atoms with Crippen molar-refractivity contribution < 1.29 is 5.11 Å². The van der Waals surface area contributed by atoms with Gasteiger partial charge in [0.1, 0.15) is 11.8 Å². The lowest BCUT2D eigenvalue weighted by Gasteiger charge is -2.22. The average molecular weight is 249 g/mol. The molecule has 1 atom stereocenters. The Hall–Kier alpha value is -1.53. The van der Waals surface area contributed by atoms with Gasteiger partial charge < -0.3 is 14.6 Å². The molecule has 2 aromatic rings. The van der Waals surface area contributed by atoms with Gasteiger partial charge >= 0.3 is 0 Å². The molecule has 6 nitrogen and oxygen atoms in total. The SMILES string of the molecule is CCN(CC)CC(O)Cn1cnc2cncnc21. The summed E-state index contributed by atoms with van der Waals surface area (Å²) in [4.78, 5) is 14.5. The highest BCUT2D eigenvalue weighted by atomic mass is 16.3. The fourth-order valence-corrected chi connectivity index (χ4v) is 2.01. The molecule has 0 saturated carbocycles. The number of nitrogens with zero attached hydrogens (tertiary/aromatic N) is 5. The molecule has 0 fully saturated rings. The van der Waals surface area contributed by atoms with Crippen molar-refractivity contribution in [2.45, 2.75) is 26.5 Å². The van der Waals surface area contributed by atoms with Gasteiger partial charge in [-0.15, -0.1) is 0 Å². The second kappa shape index (κ2) is 5.88. The summed E-state index contributed by atoms with van der Waals surface area (Å²) in [6.07, 6.45) is 4.45. The molecule has 2 heterocycles.